The fourth-order valence-electron chi connectivity index (χ4n) is 2.46. The molecule has 1 amide bonds. The molecule has 0 radical (unpaired) electrons. The first-order valence-corrected chi connectivity index (χ1v) is 8.56. The van der Waals surface area contributed by atoms with Gasteiger partial charge in [-0.25, -0.2) is 18.4 Å². The number of nitrogens with two attached hydrogens (primary N) is 1. The predicted molar refractivity (Wildman–Crippen MR) is 82.2 cm³/mol. The largest absolute Gasteiger partial charge is 0.496 e. The second-order valence-corrected chi connectivity index (χ2v) is 6.95. The number of morpholine rings is 1. The van der Waals surface area contributed by atoms with Crippen LogP contribution in [-0.2, 0) is 19.6 Å². The van der Waals surface area contributed by atoms with Crippen molar-refractivity contribution in [2.45, 2.75) is 24.0 Å². The van der Waals surface area contributed by atoms with Crippen molar-refractivity contribution in [1.82, 2.24) is 4.90 Å². The van der Waals surface area contributed by atoms with Gasteiger partial charge in [0, 0.05) is 6.54 Å². The third-order valence-corrected chi connectivity index (χ3v) is 4.46. The zero-order valence-electron chi connectivity index (χ0n) is 13.1. The Hall–Kier alpha value is -2.17. The highest BCUT2D eigenvalue weighted by Gasteiger charge is 2.34. The number of methoxy groups -OCH3 is 1. The van der Waals surface area contributed by atoms with Gasteiger partial charge in [0.15, 0.2) is 6.10 Å². The normalized spacial score (nSPS) is 21.4. The SMILES string of the molecule is COc1ccc(S(N)(=O)=O)cc1C(=O)N1CC(C(=O)O)O[C@H](C)C1. The standard InChI is InChI=1S/C14H18N2O7S/c1-8-6-16(7-12(23-8)14(18)19)13(17)10-5-9(24(15,20)21)3-4-11(10)22-2/h3-5,8,12H,6-7H2,1-2H3,(H,18,19)(H2,15,20,21)/t8-,12?/m1/s1. The number of carboxylic acids is 1. The minimum absolute atomic E-state index is 0.0118. The Morgan fingerprint density at radius 1 is 1.38 bits per heavy atom. The number of carbonyl (C=O) groups is 2. The van der Waals surface area contributed by atoms with E-state index in [-0.39, 0.29) is 29.3 Å². The van der Waals surface area contributed by atoms with Crippen LogP contribution in [0.5, 0.6) is 5.75 Å². The van der Waals surface area contributed by atoms with Gasteiger partial charge in [0.25, 0.3) is 5.91 Å². The van der Waals surface area contributed by atoms with E-state index in [0.717, 1.165) is 6.07 Å². The number of aliphatic carboxylic acids is 1. The lowest BCUT2D eigenvalue weighted by Gasteiger charge is -2.35. The highest BCUT2D eigenvalue weighted by molar-refractivity contribution is 7.89. The van der Waals surface area contributed by atoms with Gasteiger partial charge in [-0.15, -0.1) is 0 Å². The summed E-state index contributed by atoms with van der Waals surface area (Å²) < 4.78 is 33.3. The number of nitrogens with zero attached hydrogens (tertiary/aromatic N) is 1. The van der Waals surface area contributed by atoms with Gasteiger partial charge in [0.05, 0.1) is 30.2 Å². The van der Waals surface area contributed by atoms with Gasteiger partial charge in [0.1, 0.15) is 5.75 Å². The van der Waals surface area contributed by atoms with E-state index in [9.17, 15) is 18.0 Å². The van der Waals surface area contributed by atoms with Gasteiger partial charge in [-0.3, -0.25) is 4.79 Å². The van der Waals surface area contributed by atoms with Crippen molar-refractivity contribution in [3.8, 4) is 5.75 Å². The second-order valence-electron chi connectivity index (χ2n) is 5.39. The van der Waals surface area contributed by atoms with Crippen molar-refractivity contribution in [2.75, 3.05) is 20.2 Å². The average molecular weight is 358 g/mol. The molecule has 132 valence electrons. The summed E-state index contributed by atoms with van der Waals surface area (Å²) in [5, 5.41) is 14.2. The molecule has 2 rings (SSSR count). The lowest BCUT2D eigenvalue weighted by atomic mass is 10.1. The molecule has 1 aromatic rings. The van der Waals surface area contributed by atoms with Gasteiger partial charge in [-0.1, -0.05) is 0 Å². The number of amides is 1. The van der Waals surface area contributed by atoms with E-state index in [1.165, 1.54) is 24.1 Å². The molecule has 0 aliphatic carbocycles. The molecule has 0 saturated carbocycles. The molecule has 0 spiro atoms. The Morgan fingerprint density at radius 3 is 2.58 bits per heavy atom. The highest BCUT2D eigenvalue weighted by atomic mass is 32.2. The zero-order valence-corrected chi connectivity index (χ0v) is 13.9. The fourth-order valence-corrected chi connectivity index (χ4v) is 3.00. The monoisotopic (exact) mass is 358 g/mol. The molecule has 1 heterocycles. The highest BCUT2D eigenvalue weighted by Crippen LogP contribution is 2.25. The quantitative estimate of drug-likeness (QED) is 0.751. The van der Waals surface area contributed by atoms with Crippen molar-refractivity contribution >= 4 is 21.9 Å². The minimum Gasteiger partial charge on any atom is -0.496 e. The molecular weight excluding hydrogens is 340 g/mol. The molecule has 3 N–H and O–H groups in total. The van der Waals surface area contributed by atoms with Crippen LogP contribution in [-0.4, -0.2) is 62.7 Å². The molecular formula is C14H18N2O7S. The van der Waals surface area contributed by atoms with E-state index in [4.69, 9.17) is 19.7 Å². The Kier molecular flexibility index (Phi) is 5.11. The van der Waals surface area contributed by atoms with E-state index >= 15 is 0 Å². The molecule has 0 bridgehead atoms. The molecule has 9 nitrogen and oxygen atoms in total. The zero-order chi connectivity index (χ0) is 18.1. The van der Waals surface area contributed by atoms with Crippen LogP contribution < -0.4 is 9.88 Å². The molecule has 10 heteroatoms. The smallest absolute Gasteiger partial charge is 0.334 e. The Balaban J connectivity index is 2.39. The lowest BCUT2D eigenvalue weighted by molar-refractivity contribution is -0.160. The van der Waals surface area contributed by atoms with Crippen molar-refractivity contribution in [3.63, 3.8) is 0 Å². The number of hydrogen-bond acceptors (Lipinski definition) is 6. The minimum atomic E-state index is -3.99. The summed E-state index contributed by atoms with van der Waals surface area (Å²) in [6.07, 6.45) is -1.62. The van der Waals surface area contributed by atoms with Crippen LogP contribution in [0.1, 0.15) is 17.3 Å². The van der Waals surface area contributed by atoms with Crippen LogP contribution in [0, 0.1) is 0 Å². The Morgan fingerprint density at radius 2 is 2.04 bits per heavy atom. The number of sulfonamides is 1. The lowest BCUT2D eigenvalue weighted by Crippen LogP contribution is -2.51. The summed E-state index contributed by atoms with van der Waals surface area (Å²) in [7, 11) is -2.66. The maximum atomic E-state index is 12.7. The molecule has 1 aliphatic rings. The average Bonchev–Trinajstić information content (AvgIpc) is 2.52. The van der Waals surface area contributed by atoms with Crippen molar-refractivity contribution < 1.29 is 32.6 Å². The number of primary sulfonamides is 1. The van der Waals surface area contributed by atoms with Crippen LogP contribution in [0.25, 0.3) is 0 Å². The summed E-state index contributed by atoms with van der Waals surface area (Å²) in [5.74, 6) is -1.57. The number of benzene rings is 1. The maximum Gasteiger partial charge on any atom is 0.334 e. The number of rotatable bonds is 4. The van der Waals surface area contributed by atoms with Crippen LogP contribution in [0.4, 0.5) is 0 Å². The Labute approximate surface area is 139 Å². The van der Waals surface area contributed by atoms with E-state index < -0.39 is 34.1 Å². The number of ether oxygens (including phenoxy) is 2. The van der Waals surface area contributed by atoms with Gasteiger partial charge in [0.2, 0.25) is 10.0 Å². The molecule has 24 heavy (non-hydrogen) atoms. The van der Waals surface area contributed by atoms with Gasteiger partial charge in [-0.05, 0) is 25.1 Å². The van der Waals surface area contributed by atoms with Crippen LogP contribution >= 0.6 is 0 Å². The van der Waals surface area contributed by atoms with Crippen LogP contribution in [0.15, 0.2) is 23.1 Å². The first-order chi connectivity index (χ1) is 11.1. The number of carbonyl (C=O) groups excluding carboxylic acids is 1. The van der Waals surface area contributed by atoms with E-state index in [1.807, 2.05) is 0 Å². The van der Waals surface area contributed by atoms with Crippen molar-refractivity contribution in [3.05, 3.63) is 23.8 Å². The van der Waals surface area contributed by atoms with E-state index in [1.54, 1.807) is 6.92 Å². The topological polar surface area (TPSA) is 136 Å². The molecule has 1 saturated heterocycles. The number of hydrogen-bond donors (Lipinski definition) is 2. The Bertz CT molecular complexity index is 762. The van der Waals surface area contributed by atoms with Crippen molar-refractivity contribution in [2.24, 2.45) is 5.14 Å². The van der Waals surface area contributed by atoms with Crippen molar-refractivity contribution in [1.29, 1.82) is 0 Å². The summed E-state index contributed by atoms with van der Waals surface area (Å²) in [5.41, 5.74) is -0.0118. The van der Waals surface area contributed by atoms with Gasteiger partial charge >= 0.3 is 5.97 Å². The third-order valence-electron chi connectivity index (χ3n) is 3.55. The molecule has 1 aliphatic heterocycles. The molecule has 0 aromatic heterocycles. The predicted octanol–water partition coefficient (Wildman–Crippen LogP) is -0.343. The second kappa shape index (κ2) is 6.75. The summed E-state index contributed by atoms with van der Waals surface area (Å²) in [4.78, 5) is 24.9. The van der Waals surface area contributed by atoms with E-state index in [2.05, 4.69) is 0 Å². The van der Waals surface area contributed by atoms with Crippen LogP contribution in [0.2, 0.25) is 0 Å². The summed E-state index contributed by atoms with van der Waals surface area (Å²) in [6.45, 7) is 1.67. The molecule has 1 fully saturated rings. The first kappa shape index (κ1) is 18.2. The molecule has 1 aromatic carbocycles. The molecule has 2 atom stereocenters. The molecule has 1 unspecified atom stereocenters. The number of carboxylic acid groups (broad SMARTS) is 1. The van der Waals surface area contributed by atoms with Crippen LogP contribution in [0.3, 0.4) is 0 Å². The fraction of sp³-hybridized carbons (Fsp3) is 0.429. The summed E-state index contributed by atoms with van der Waals surface area (Å²) >= 11 is 0. The maximum absolute atomic E-state index is 12.7. The van der Waals surface area contributed by atoms with Gasteiger partial charge < -0.3 is 19.5 Å². The van der Waals surface area contributed by atoms with Gasteiger partial charge in [-0.2, -0.15) is 0 Å². The van der Waals surface area contributed by atoms with E-state index in [0.29, 0.717) is 0 Å². The third kappa shape index (κ3) is 3.83. The summed E-state index contributed by atoms with van der Waals surface area (Å²) in [6, 6.07) is 3.67. The first-order valence-electron chi connectivity index (χ1n) is 7.02.